The quantitative estimate of drug-likeness (QED) is 0.255. The van der Waals surface area contributed by atoms with Gasteiger partial charge in [-0.25, -0.2) is 0 Å². The van der Waals surface area contributed by atoms with Crippen LogP contribution in [0.2, 0.25) is 0 Å². The monoisotopic (exact) mass is 615 g/mol. The molecule has 4 rings (SSSR count). The molecule has 0 saturated carbocycles. The molecule has 0 spiro atoms. The molecule has 4 aliphatic rings. The average Bonchev–Trinajstić information content (AvgIpc) is 2.85. The zero-order valence-corrected chi connectivity index (χ0v) is 26.6. The van der Waals surface area contributed by atoms with E-state index in [0.29, 0.717) is 11.1 Å². The first kappa shape index (κ1) is 34.9. The van der Waals surface area contributed by atoms with Crippen LogP contribution in [0.25, 0.3) is 0 Å². The first-order valence-electron chi connectivity index (χ1n) is 14.1. The Morgan fingerprint density at radius 2 is 0.878 bits per heavy atom. The predicted molar refractivity (Wildman–Crippen MR) is 159 cm³/mol. The molecule has 41 heavy (non-hydrogen) atoms. The smallest absolute Gasteiger partial charge is 0.187 e. The molecule has 0 bridgehead atoms. The third kappa shape index (κ3) is 8.87. The number of nitrogens with zero attached hydrogens (tertiary/aromatic N) is 2. The summed E-state index contributed by atoms with van der Waals surface area (Å²) >= 11 is 0. The maximum Gasteiger partial charge on any atom is 0.187 e. The molecule has 2 aliphatic carbocycles. The van der Waals surface area contributed by atoms with E-state index in [2.05, 4.69) is 10.6 Å². The molecule has 231 valence electrons. The summed E-state index contributed by atoms with van der Waals surface area (Å²) in [5, 5.41) is 30.1. The summed E-state index contributed by atoms with van der Waals surface area (Å²) in [6.07, 6.45) is 20.9. The molecule has 4 N–H and O–H groups in total. The SMILES string of the molecule is CC1(C)CC(N/C=C2/C=CC=CC2=O)CC(C)(C)N1O.CC1(C)CC(N/C=C2/C=CC=CC2=O)CC(C)(C)N1O.[Cu]. The van der Waals surface area contributed by atoms with Gasteiger partial charge in [0.05, 0.1) is 0 Å². The van der Waals surface area contributed by atoms with Gasteiger partial charge in [-0.3, -0.25) is 9.59 Å². The second-order valence-corrected chi connectivity index (χ2v) is 13.8. The van der Waals surface area contributed by atoms with Gasteiger partial charge in [-0.15, -0.1) is 0 Å². The molecule has 0 unspecified atom stereocenters. The molecule has 1 radical (unpaired) electrons. The van der Waals surface area contributed by atoms with E-state index in [4.69, 9.17) is 0 Å². The van der Waals surface area contributed by atoms with Crippen molar-refractivity contribution in [2.45, 2.75) is 115 Å². The van der Waals surface area contributed by atoms with Crippen molar-refractivity contribution in [3.63, 3.8) is 0 Å². The van der Waals surface area contributed by atoms with Crippen LogP contribution in [0.4, 0.5) is 0 Å². The van der Waals surface area contributed by atoms with Gasteiger partial charge in [0.15, 0.2) is 11.6 Å². The number of hydroxylamine groups is 4. The van der Waals surface area contributed by atoms with Crippen molar-refractivity contribution in [2.24, 2.45) is 0 Å². The van der Waals surface area contributed by atoms with Gasteiger partial charge in [-0.05, 0) is 105 Å². The second kappa shape index (κ2) is 13.4. The van der Waals surface area contributed by atoms with E-state index < -0.39 is 0 Å². The van der Waals surface area contributed by atoms with Gasteiger partial charge >= 0.3 is 0 Å². The molecule has 8 nitrogen and oxygen atoms in total. The fraction of sp³-hybridized carbons (Fsp3) is 0.562. The molecule has 0 amide bonds. The van der Waals surface area contributed by atoms with Gasteiger partial charge in [0, 0.05) is 74.9 Å². The summed E-state index contributed by atoms with van der Waals surface area (Å²) in [4.78, 5) is 23.4. The Morgan fingerprint density at radius 1 is 0.610 bits per heavy atom. The van der Waals surface area contributed by atoms with Crippen molar-refractivity contribution >= 4 is 11.6 Å². The molecule has 0 atom stereocenters. The topological polar surface area (TPSA) is 105 Å². The van der Waals surface area contributed by atoms with Gasteiger partial charge in [0.25, 0.3) is 0 Å². The van der Waals surface area contributed by atoms with E-state index >= 15 is 0 Å². The van der Waals surface area contributed by atoms with E-state index in [1.807, 2.05) is 79.7 Å². The third-order valence-corrected chi connectivity index (χ3v) is 8.06. The first-order chi connectivity index (χ1) is 18.4. The van der Waals surface area contributed by atoms with E-state index in [0.717, 1.165) is 25.7 Å². The summed E-state index contributed by atoms with van der Waals surface area (Å²) in [5.74, 6) is 0.0521. The minimum atomic E-state index is -0.287. The number of carbonyl (C=O) groups is 2. The second-order valence-electron chi connectivity index (χ2n) is 13.8. The Kier molecular flexibility index (Phi) is 11.4. The molecular weight excluding hydrogens is 568 g/mol. The van der Waals surface area contributed by atoms with E-state index in [-0.39, 0.29) is 62.9 Å². The van der Waals surface area contributed by atoms with Crippen molar-refractivity contribution in [3.8, 4) is 0 Å². The minimum Gasteiger partial charge on any atom is -0.387 e. The van der Waals surface area contributed by atoms with E-state index in [9.17, 15) is 20.0 Å². The van der Waals surface area contributed by atoms with Crippen LogP contribution in [0, 0.1) is 0 Å². The third-order valence-electron chi connectivity index (χ3n) is 8.06. The summed E-state index contributed by atoms with van der Waals surface area (Å²) in [7, 11) is 0. The zero-order valence-electron chi connectivity index (χ0n) is 25.7. The van der Waals surface area contributed by atoms with E-state index in [1.165, 1.54) is 10.1 Å². The van der Waals surface area contributed by atoms with Crippen molar-refractivity contribution in [2.75, 3.05) is 0 Å². The van der Waals surface area contributed by atoms with Gasteiger partial charge in [-0.1, -0.05) is 24.3 Å². The number of nitrogens with one attached hydrogen (secondary N) is 2. The molecule has 0 aromatic rings. The molecule has 2 saturated heterocycles. The largest absolute Gasteiger partial charge is 0.387 e. The predicted octanol–water partition coefficient (Wildman–Crippen LogP) is 5.13. The molecule has 9 heteroatoms. The number of hydrogen-bond acceptors (Lipinski definition) is 8. The Balaban J connectivity index is 0.000000280. The maximum atomic E-state index is 11.7. The number of allylic oxidation sites excluding steroid dienone is 10. The Hall–Kier alpha value is -2.26. The van der Waals surface area contributed by atoms with Crippen molar-refractivity contribution in [1.82, 2.24) is 20.8 Å². The van der Waals surface area contributed by atoms with Crippen LogP contribution in [0.1, 0.15) is 81.1 Å². The number of ketones is 2. The summed E-state index contributed by atoms with van der Waals surface area (Å²) < 4.78 is 0. The number of rotatable bonds is 4. The average molecular weight is 616 g/mol. The normalized spacial score (nSPS) is 27.4. The fourth-order valence-corrected chi connectivity index (χ4v) is 6.39. The molecule has 0 aromatic heterocycles. The van der Waals surface area contributed by atoms with Crippen molar-refractivity contribution in [3.05, 3.63) is 72.2 Å². The van der Waals surface area contributed by atoms with E-state index in [1.54, 1.807) is 36.7 Å². The van der Waals surface area contributed by atoms with Crippen LogP contribution >= 0.6 is 0 Å². The van der Waals surface area contributed by atoms with Gasteiger partial charge in [0.2, 0.25) is 0 Å². The van der Waals surface area contributed by atoms with Crippen LogP contribution < -0.4 is 10.6 Å². The van der Waals surface area contributed by atoms with Crippen molar-refractivity contribution in [1.29, 1.82) is 0 Å². The fourth-order valence-electron chi connectivity index (χ4n) is 6.39. The number of carbonyl (C=O) groups excluding carboxylic acids is 2. The standard InChI is InChI=1S/2C16H24N2O2.Cu/c2*1-15(2)9-13(10-16(3,4)18(15)20)17-11-12-7-5-6-8-14(12)19;/h2*5-8,11,13,17,20H,9-10H2,1-4H3;/b2*12-11-;. The molecule has 2 aliphatic heterocycles. The van der Waals surface area contributed by atoms with Crippen LogP contribution in [0.5, 0.6) is 0 Å². The Bertz CT molecular complexity index is 1030. The van der Waals surface area contributed by atoms with Gasteiger partial charge in [0.1, 0.15) is 0 Å². The zero-order chi connectivity index (χ0) is 29.9. The number of hydrogen-bond donors (Lipinski definition) is 4. The van der Waals surface area contributed by atoms with Gasteiger partial charge in [-0.2, -0.15) is 10.1 Å². The molecule has 2 fully saturated rings. The summed E-state index contributed by atoms with van der Waals surface area (Å²) in [5.41, 5.74) is 0.201. The van der Waals surface area contributed by atoms with Crippen molar-refractivity contribution < 1.29 is 37.1 Å². The Morgan fingerprint density at radius 3 is 1.15 bits per heavy atom. The summed E-state index contributed by atoms with van der Waals surface area (Å²) in [6, 6.07) is 0.478. The summed E-state index contributed by atoms with van der Waals surface area (Å²) in [6.45, 7) is 16.3. The number of piperidine rings is 2. The van der Waals surface area contributed by atoms with Crippen LogP contribution in [-0.2, 0) is 26.7 Å². The molecule has 2 heterocycles. The minimum absolute atomic E-state index is 0. The van der Waals surface area contributed by atoms with Crippen LogP contribution in [-0.4, -0.2) is 66.3 Å². The van der Waals surface area contributed by atoms with Crippen LogP contribution in [0.3, 0.4) is 0 Å². The van der Waals surface area contributed by atoms with Crippen LogP contribution in [0.15, 0.2) is 72.2 Å². The first-order valence-corrected chi connectivity index (χ1v) is 14.1. The molecule has 0 aromatic carbocycles. The molecular formula is C32H48CuN4O4. The Labute approximate surface area is 256 Å². The van der Waals surface area contributed by atoms with Gasteiger partial charge < -0.3 is 21.0 Å². The maximum absolute atomic E-state index is 11.7.